The number of aromatic nitrogens is 3. The first kappa shape index (κ1) is 14.9. The third-order valence-electron chi connectivity index (χ3n) is 3.36. The number of amides is 1. The summed E-state index contributed by atoms with van der Waals surface area (Å²) in [6.45, 7) is 0.436. The fourth-order valence-corrected chi connectivity index (χ4v) is 2.21. The molecule has 1 aromatic carbocycles. The van der Waals surface area contributed by atoms with E-state index in [0.29, 0.717) is 24.3 Å². The third kappa shape index (κ3) is 3.79. The first-order valence-electron chi connectivity index (χ1n) is 7.19. The summed E-state index contributed by atoms with van der Waals surface area (Å²) >= 11 is 0. The van der Waals surface area contributed by atoms with Gasteiger partial charge in [0, 0.05) is 30.7 Å². The Morgan fingerprint density at radius 3 is 2.91 bits per heavy atom. The molecule has 3 rings (SSSR count). The topological polar surface area (TPSA) is 59.8 Å². The Balaban J connectivity index is 1.61. The number of hydrogen-bond acceptors (Lipinski definition) is 3. The van der Waals surface area contributed by atoms with Gasteiger partial charge >= 0.3 is 0 Å². The van der Waals surface area contributed by atoms with Crippen LogP contribution in [-0.2, 0) is 6.42 Å². The normalized spacial score (nSPS) is 10.5. The van der Waals surface area contributed by atoms with Gasteiger partial charge in [-0.05, 0) is 36.2 Å². The molecule has 116 valence electrons. The van der Waals surface area contributed by atoms with Gasteiger partial charge in [0.15, 0.2) is 0 Å². The summed E-state index contributed by atoms with van der Waals surface area (Å²) in [5, 5.41) is 2.83. The summed E-state index contributed by atoms with van der Waals surface area (Å²) in [6, 6.07) is 9.70. The molecule has 0 fully saturated rings. The van der Waals surface area contributed by atoms with E-state index in [0.717, 1.165) is 5.56 Å². The van der Waals surface area contributed by atoms with E-state index in [9.17, 15) is 9.18 Å². The first-order chi connectivity index (χ1) is 11.2. The van der Waals surface area contributed by atoms with Crippen molar-refractivity contribution in [1.82, 2.24) is 19.9 Å². The molecule has 0 atom stereocenters. The molecular formula is C17H15FN4O. The van der Waals surface area contributed by atoms with Crippen molar-refractivity contribution < 1.29 is 9.18 Å². The molecule has 23 heavy (non-hydrogen) atoms. The Labute approximate surface area is 132 Å². The van der Waals surface area contributed by atoms with Crippen molar-refractivity contribution in [2.24, 2.45) is 0 Å². The molecule has 5 nitrogen and oxygen atoms in total. The Morgan fingerprint density at radius 1 is 1.22 bits per heavy atom. The third-order valence-corrected chi connectivity index (χ3v) is 3.36. The van der Waals surface area contributed by atoms with Gasteiger partial charge in [-0.1, -0.05) is 12.1 Å². The van der Waals surface area contributed by atoms with E-state index in [2.05, 4.69) is 15.3 Å². The van der Waals surface area contributed by atoms with E-state index in [1.54, 1.807) is 47.7 Å². The van der Waals surface area contributed by atoms with Crippen molar-refractivity contribution in [2.75, 3.05) is 6.54 Å². The monoisotopic (exact) mass is 310 g/mol. The molecular weight excluding hydrogens is 295 g/mol. The minimum Gasteiger partial charge on any atom is -0.352 e. The Morgan fingerprint density at radius 2 is 2.13 bits per heavy atom. The number of carbonyl (C=O) groups excluding carboxylic acids is 1. The number of carbonyl (C=O) groups is 1. The lowest BCUT2D eigenvalue weighted by atomic mass is 10.1. The number of halogens is 1. The highest BCUT2D eigenvalue weighted by molar-refractivity contribution is 5.94. The summed E-state index contributed by atoms with van der Waals surface area (Å²) in [5.74, 6) is 0.165. The number of nitrogens with one attached hydrogen (secondary N) is 1. The highest BCUT2D eigenvalue weighted by Gasteiger charge is 2.07. The minimum absolute atomic E-state index is 0.190. The van der Waals surface area contributed by atoms with Crippen LogP contribution >= 0.6 is 0 Å². The van der Waals surface area contributed by atoms with Crippen LogP contribution in [0.15, 0.2) is 61.3 Å². The predicted molar refractivity (Wildman–Crippen MR) is 83.8 cm³/mol. The average molecular weight is 310 g/mol. The van der Waals surface area contributed by atoms with Crippen LogP contribution in [0.5, 0.6) is 0 Å². The second-order valence-electron chi connectivity index (χ2n) is 5.01. The molecule has 0 radical (unpaired) electrons. The standard InChI is InChI=1S/C17H15FN4O/c18-15-3-1-2-13(10-15)4-6-21-17(23)14-5-7-20-16(11-14)22-9-8-19-12-22/h1-3,5,7-12H,4,6H2,(H,21,23). The molecule has 1 N–H and O–H groups in total. The van der Waals surface area contributed by atoms with Crippen LogP contribution in [0.1, 0.15) is 15.9 Å². The number of pyridine rings is 1. The Kier molecular flexibility index (Phi) is 4.42. The summed E-state index contributed by atoms with van der Waals surface area (Å²) in [4.78, 5) is 20.3. The second-order valence-corrected chi connectivity index (χ2v) is 5.01. The van der Waals surface area contributed by atoms with Gasteiger partial charge in [-0.3, -0.25) is 9.36 Å². The molecule has 2 heterocycles. The smallest absolute Gasteiger partial charge is 0.251 e. The lowest BCUT2D eigenvalue weighted by Gasteiger charge is -2.07. The van der Waals surface area contributed by atoms with E-state index in [-0.39, 0.29) is 11.7 Å². The SMILES string of the molecule is O=C(NCCc1cccc(F)c1)c1ccnc(-n2ccnc2)c1. The van der Waals surface area contributed by atoms with Gasteiger partial charge in [0.25, 0.3) is 5.91 Å². The number of benzene rings is 1. The van der Waals surface area contributed by atoms with Crippen molar-refractivity contribution in [3.63, 3.8) is 0 Å². The molecule has 0 aliphatic carbocycles. The van der Waals surface area contributed by atoms with Crippen LogP contribution in [-0.4, -0.2) is 27.0 Å². The predicted octanol–water partition coefficient (Wildman–Crippen LogP) is 2.38. The zero-order valence-electron chi connectivity index (χ0n) is 12.3. The van der Waals surface area contributed by atoms with Gasteiger partial charge in [-0.15, -0.1) is 0 Å². The van der Waals surface area contributed by atoms with E-state index >= 15 is 0 Å². The molecule has 1 amide bonds. The van der Waals surface area contributed by atoms with Crippen LogP contribution in [0.25, 0.3) is 5.82 Å². The van der Waals surface area contributed by atoms with Crippen LogP contribution in [0.2, 0.25) is 0 Å². The maximum Gasteiger partial charge on any atom is 0.251 e. The van der Waals surface area contributed by atoms with Crippen LogP contribution < -0.4 is 5.32 Å². The fourth-order valence-electron chi connectivity index (χ4n) is 2.21. The summed E-state index contributed by atoms with van der Waals surface area (Å²) in [6.07, 6.45) is 7.18. The van der Waals surface area contributed by atoms with Gasteiger partial charge < -0.3 is 5.32 Å². The quantitative estimate of drug-likeness (QED) is 0.787. The number of rotatable bonds is 5. The molecule has 0 spiro atoms. The van der Waals surface area contributed by atoms with Crippen molar-refractivity contribution in [3.8, 4) is 5.82 Å². The van der Waals surface area contributed by atoms with Crippen molar-refractivity contribution in [2.45, 2.75) is 6.42 Å². The zero-order chi connectivity index (χ0) is 16.1. The van der Waals surface area contributed by atoms with E-state index in [4.69, 9.17) is 0 Å². The van der Waals surface area contributed by atoms with Gasteiger partial charge in [0.05, 0.1) is 0 Å². The second kappa shape index (κ2) is 6.83. The van der Waals surface area contributed by atoms with E-state index in [1.807, 2.05) is 6.07 Å². The Hall–Kier alpha value is -3.02. The molecule has 0 unspecified atom stereocenters. The molecule has 0 saturated heterocycles. The van der Waals surface area contributed by atoms with Gasteiger partial charge in [-0.25, -0.2) is 14.4 Å². The largest absolute Gasteiger partial charge is 0.352 e. The molecule has 6 heteroatoms. The molecule has 2 aromatic heterocycles. The lowest BCUT2D eigenvalue weighted by molar-refractivity contribution is 0.0954. The van der Waals surface area contributed by atoms with E-state index < -0.39 is 0 Å². The molecule has 0 aliphatic rings. The van der Waals surface area contributed by atoms with Gasteiger partial charge in [0.1, 0.15) is 18.0 Å². The zero-order valence-corrected chi connectivity index (χ0v) is 12.3. The average Bonchev–Trinajstić information content (AvgIpc) is 3.09. The first-order valence-corrected chi connectivity index (χ1v) is 7.19. The number of nitrogens with zero attached hydrogens (tertiary/aromatic N) is 3. The van der Waals surface area contributed by atoms with Crippen molar-refractivity contribution in [1.29, 1.82) is 0 Å². The molecule has 3 aromatic rings. The maximum atomic E-state index is 13.1. The van der Waals surface area contributed by atoms with Crippen LogP contribution in [0, 0.1) is 5.82 Å². The van der Waals surface area contributed by atoms with Crippen LogP contribution in [0.4, 0.5) is 4.39 Å². The highest BCUT2D eigenvalue weighted by Crippen LogP contribution is 2.07. The summed E-state index contributed by atoms with van der Waals surface area (Å²) in [5.41, 5.74) is 1.36. The summed E-state index contributed by atoms with van der Waals surface area (Å²) < 4.78 is 14.8. The van der Waals surface area contributed by atoms with E-state index in [1.165, 1.54) is 12.1 Å². The molecule has 0 saturated carbocycles. The highest BCUT2D eigenvalue weighted by atomic mass is 19.1. The fraction of sp³-hybridized carbons (Fsp3) is 0.118. The number of imidazole rings is 1. The minimum atomic E-state index is -0.270. The molecule has 0 bridgehead atoms. The maximum absolute atomic E-state index is 13.1. The van der Waals surface area contributed by atoms with Crippen LogP contribution in [0.3, 0.4) is 0 Å². The molecule has 0 aliphatic heterocycles. The van der Waals surface area contributed by atoms with Crippen molar-refractivity contribution >= 4 is 5.91 Å². The lowest BCUT2D eigenvalue weighted by Crippen LogP contribution is -2.25. The van der Waals surface area contributed by atoms with Crippen molar-refractivity contribution in [3.05, 3.63) is 78.3 Å². The summed E-state index contributed by atoms with van der Waals surface area (Å²) in [7, 11) is 0. The Bertz CT molecular complexity index is 802. The van der Waals surface area contributed by atoms with Gasteiger partial charge in [-0.2, -0.15) is 0 Å². The van der Waals surface area contributed by atoms with Gasteiger partial charge in [0.2, 0.25) is 0 Å². The number of hydrogen-bond donors (Lipinski definition) is 1.